The molecule has 0 heterocycles. The van der Waals surface area contributed by atoms with E-state index in [-0.39, 0.29) is 11.5 Å². The van der Waals surface area contributed by atoms with Crippen molar-refractivity contribution in [2.75, 3.05) is 7.11 Å². The number of ketones is 1. The summed E-state index contributed by atoms with van der Waals surface area (Å²) >= 11 is 0. The van der Waals surface area contributed by atoms with Gasteiger partial charge in [0.25, 0.3) is 5.69 Å². The highest BCUT2D eigenvalue weighted by atomic mass is 16.6. The summed E-state index contributed by atoms with van der Waals surface area (Å²) in [5, 5.41) is 10.8. The standard InChI is InChI=1S/C14H9NO4/c1-19-12-4-2-3-10-9-6-5-8(15(17)18)7-11(9)14(16)13(10)12/h2-7H,1H3. The molecule has 19 heavy (non-hydrogen) atoms. The fraction of sp³-hybridized carbons (Fsp3) is 0.0714. The fourth-order valence-corrected chi connectivity index (χ4v) is 2.36. The predicted molar refractivity (Wildman–Crippen MR) is 68.5 cm³/mol. The number of carbonyl (C=O) groups excluding carboxylic acids is 1. The molecule has 0 radical (unpaired) electrons. The highest BCUT2D eigenvalue weighted by molar-refractivity contribution is 6.23. The monoisotopic (exact) mass is 255 g/mol. The molecule has 2 aromatic rings. The highest BCUT2D eigenvalue weighted by Crippen LogP contribution is 2.42. The number of methoxy groups -OCH3 is 1. The summed E-state index contributed by atoms with van der Waals surface area (Å²) in [6.45, 7) is 0. The molecule has 5 heteroatoms. The second kappa shape index (κ2) is 3.91. The van der Waals surface area contributed by atoms with E-state index in [2.05, 4.69) is 0 Å². The lowest BCUT2D eigenvalue weighted by Gasteiger charge is -2.04. The third kappa shape index (κ3) is 1.52. The molecule has 0 N–H and O–H groups in total. The number of nitro benzene ring substituents is 1. The Morgan fingerprint density at radius 1 is 1.11 bits per heavy atom. The number of hydrogen-bond acceptors (Lipinski definition) is 4. The minimum absolute atomic E-state index is 0.0844. The Hall–Kier alpha value is -2.69. The topological polar surface area (TPSA) is 69.4 Å². The first-order valence-electron chi connectivity index (χ1n) is 5.64. The Morgan fingerprint density at radius 3 is 2.58 bits per heavy atom. The summed E-state index contributed by atoms with van der Waals surface area (Å²) in [5.41, 5.74) is 2.21. The number of nitrogens with zero attached hydrogens (tertiary/aromatic N) is 1. The molecule has 94 valence electrons. The summed E-state index contributed by atoms with van der Waals surface area (Å²) in [6, 6.07) is 9.64. The molecular weight excluding hydrogens is 246 g/mol. The van der Waals surface area contributed by atoms with E-state index in [1.165, 1.54) is 19.2 Å². The summed E-state index contributed by atoms with van der Waals surface area (Å²) in [7, 11) is 1.49. The maximum absolute atomic E-state index is 12.3. The molecule has 1 aliphatic rings. The van der Waals surface area contributed by atoms with Crippen molar-refractivity contribution in [3.63, 3.8) is 0 Å². The number of rotatable bonds is 2. The summed E-state index contributed by atoms with van der Waals surface area (Å²) < 4.78 is 5.18. The number of hydrogen-bond donors (Lipinski definition) is 0. The van der Waals surface area contributed by atoms with Crippen molar-refractivity contribution in [1.29, 1.82) is 0 Å². The Morgan fingerprint density at radius 2 is 1.89 bits per heavy atom. The average Bonchev–Trinajstić information content (AvgIpc) is 2.72. The molecule has 0 bridgehead atoms. The van der Waals surface area contributed by atoms with Gasteiger partial charge in [-0.2, -0.15) is 0 Å². The molecule has 0 spiro atoms. The maximum Gasteiger partial charge on any atom is 0.270 e. The third-order valence-electron chi connectivity index (χ3n) is 3.22. The molecule has 2 aromatic carbocycles. The van der Waals surface area contributed by atoms with E-state index >= 15 is 0 Å². The SMILES string of the molecule is COc1cccc2c1C(=O)c1cc([N+](=O)[O-])ccc1-2. The van der Waals surface area contributed by atoms with Crippen molar-refractivity contribution < 1.29 is 14.5 Å². The van der Waals surface area contributed by atoms with E-state index in [1.54, 1.807) is 18.2 Å². The summed E-state index contributed by atoms with van der Waals surface area (Å²) in [5.74, 6) is 0.257. The van der Waals surface area contributed by atoms with Crippen LogP contribution in [0.1, 0.15) is 15.9 Å². The molecule has 0 aliphatic heterocycles. The summed E-state index contributed by atoms with van der Waals surface area (Å²) in [4.78, 5) is 22.6. The fourth-order valence-electron chi connectivity index (χ4n) is 2.36. The lowest BCUT2D eigenvalue weighted by Crippen LogP contribution is -1.99. The Labute approximate surface area is 108 Å². The van der Waals surface area contributed by atoms with Crippen molar-refractivity contribution in [2.24, 2.45) is 0 Å². The van der Waals surface area contributed by atoms with E-state index in [0.29, 0.717) is 22.4 Å². The Balaban J connectivity index is 2.27. The lowest BCUT2D eigenvalue weighted by molar-refractivity contribution is -0.384. The van der Waals surface area contributed by atoms with Crippen molar-refractivity contribution in [1.82, 2.24) is 0 Å². The zero-order valence-corrected chi connectivity index (χ0v) is 10.0. The maximum atomic E-state index is 12.3. The van der Waals surface area contributed by atoms with Crippen LogP contribution in [0, 0.1) is 10.1 Å². The quantitative estimate of drug-likeness (QED) is 0.521. The van der Waals surface area contributed by atoms with Crippen LogP contribution in [-0.4, -0.2) is 17.8 Å². The molecule has 0 saturated carbocycles. The van der Waals surface area contributed by atoms with Crippen LogP contribution in [0.5, 0.6) is 5.75 Å². The largest absolute Gasteiger partial charge is 0.496 e. The van der Waals surface area contributed by atoms with E-state index in [4.69, 9.17) is 4.74 Å². The van der Waals surface area contributed by atoms with Gasteiger partial charge in [-0.05, 0) is 23.3 Å². The van der Waals surface area contributed by atoms with Gasteiger partial charge in [0.2, 0.25) is 0 Å². The average molecular weight is 255 g/mol. The number of nitro groups is 1. The molecule has 3 rings (SSSR count). The number of benzene rings is 2. The van der Waals surface area contributed by atoms with Gasteiger partial charge in [-0.15, -0.1) is 0 Å². The molecule has 1 aliphatic carbocycles. The second-order valence-electron chi connectivity index (χ2n) is 4.20. The van der Waals surface area contributed by atoms with Gasteiger partial charge in [-0.1, -0.05) is 12.1 Å². The van der Waals surface area contributed by atoms with Crippen molar-refractivity contribution in [3.8, 4) is 16.9 Å². The van der Waals surface area contributed by atoms with Crippen molar-refractivity contribution in [3.05, 3.63) is 57.6 Å². The van der Waals surface area contributed by atoms with E-state index < -0.39 is 4.92 Å². The zero-order valence-electron chi connectivity index (χ0n) is 10.0. The van der Waals surface area contributed by atoms with Gasteiger partial charge in [0.1, 0.15) is 5.75 Å². The number of non-ortho nitro benzene ring substituents is 1. The Bertz CT molecular complexity index is 721. The first-order valence-corrected chi connectivity index (χ1v) is 5.64. The van der Waals surface area contributed by atoms with E-state index in [1.807, 2.05) is 6.07 Å². The molecular formula is C14H9NO4. The van der Waals surface area contributed by atoms with E-state index in [0.717, 1.165) is 5.56 Å². The Kier molecular flexibility index (Phi) is 2.35. The predicted octanol–water partition coefficient (Wildman–Crippen LogP) is 2.81. The van der Waals surface area contributed by atoms with E-state index in [9.17, 15) is 14.9 Å². The van der Waals surface area contributed by atoms with Crippen LogP contribution in [0.2, 0.25) is 0 Å². The molecule has 0 amide bonds. The van der Waals surface area contributed by atoms with Crippen LogP contribution in [0.3, 0.4) is 0 Å². The van der Waals surface area contributed by atoms with Gasteiger partial charge in [-0.3, -0.25) is 14.9 Å². The minimum Gasteiger partial charge on any atom is -0.496 e. The van der Waals surface area contributed by atoms with Gasteiger partial charge in [0.05, 0.1) is 17.6 Å². The third-order valence-corrected chi connectivity index (χ3v) is 3.22. The lowest BCUT2D eigenvalue weighted by atomic mass is 10.1. The van der Waals surface area contributed by atoms with Crippen LogP contribution in [-0.2, 0) is 0 Å². The van der Waals surface area contributed by atoms with Gasteiger partial charge in [-0.25, -0.2) is 0 Å². The number of carbonyl (C=O) groups is 1. The molecule has 0 aromatic heterocycles. The summed E-state index contributed by atoms with van der Waals surface area (Å²) in [6.07, 6.45) is 0. The van der Waals surface area contributed by atoms with Gasteiger partial charge >= 0.3 is 0 Å². The number of fused-ring (bicyclic) bond motifs is 3. The first-order chi connectivity index (χ1) is 9.13. The molecule has 0 atom stereocenters. The van der Waals surface area contributed by atoms with Crippen molar-refractivity contribution >= 4 is 11.5 Å². The molecule has 0 saturated heterocycles. The first kappa shape index (κ1) is 11.4. The zero-order chi connectivity index (χ0) is 13.6. The van der Waals surface area contributed by atoms with Crippen LogP contribution in [0.15, 0.2) is 36.4 Å². The van der Waals surface area contributed by atoms with Crippen LogP contribution >= 0.6 is 0 Å². The number of ether oxygens (including phenoxy) is 1. The molecule has 0 unspecified atom stereocenters. The van der Waals surface area contributed by atoms with Crippen LogP contribution in [0.4, 0.5) is 5.69 Å². The van der Waals surface area contributed by atoms with Crippen molar-refractivity contribution in [2.45, 2.75) is 0 Å². The highest BCUT2D eigenvalue weighted by Gasteiger charge is 2.31. The second-order valence-corrected chi connectivity index (χ2v) is 4.20. The minimum atomic E-state index is -0.506. The van der Waals surface area contributed by atoms with Gasteiger partial charge in [0.15, 0.2) is 5.78 Å². The van der Waals surface area contributed by atoms with Gasteiger partial charge < -0.3 is 4.74 Å². The van der Waals surface area contributed by atoms with Gasteiger partial charge in [0, 0.05) is 17.7 Å². The molecule has 0 fully saturated rings. The normalized spacial score (nSPS) is 11.9. The van der Waals surface area contributed by atoms with Crippen LogP contribution < -0.4 is 4.74 Å². The smallest absolute Gasteiger partial charge is 0.270 e. The van der Waals surface area contributed by atoms with Crippen LogP contribution in [0.25, 0.3) is 11.1 Å². The molecule has 5 nitrogen and oxygen atoms in total.